The molecule has 3 heteroatoms. The van der Waals surface area contributed by atoms with Gasteiger partial charge in [-0.1, -0.05) is 97.1 Å². The quantitative estimate of drug-likeness (QED) is 0.227. The first kappa shape index (κ1) is 23.5. The molecule has 3 nitrogen and oxygen atoms in total. The molecule has 0 radical (unpaired) electrons. The number of hydrogen-bond donors (Lipinski definition) is 0. The Morgan fingerprint density at radius 3 is 1.59 bits per heavy atom. The summed E-state index contributed by atoms with van der Waals surface area (Å²) in [6.07, 6.45) is 7.39. The Labute approximate surface area is 240 Å². The van der Waals surface area contributed by atoms with Gasteiger partial charge in [-0.2, -0.15) is 0 Å². The lowest BCUT2D eigenvalue weighted by Gasteiger charge is -2.62. The van der Waals surface area contributed by atoms with Crippen LogP contribution in [0.1, 0.15) is 44.3 Å². The van der Waals surface area contributed by atoms with Crippen LogP contribution in [0.4, 0.5) is 0 Å². The Kier molecular flexibility index (Phi) is 4.94. The third kappa shape index (κ3) is 3.51. The van der Waals surface area contributed by atoms with Crippen molar-refractivity contribution in [2.75, 3.05) is 0 Å². The van der Waals surface area contributed by atoms with Crippen molar-refractivity contribution >= 4 is 21.8 Å². The highest BCUT2D eigenvalue weighted by Gasteiger charge is 2.60. The van der Waals surface area contributed by atoms with E-state index in [0.29, 0.717) is 11.8 Å². The Morgan fingerprint density at radius 1 is 0.561 bits per heavy atom. The van der Waals surface area contributed by atoms with Gasteiger partial charge in [0.1, 0.15) is 5.82 Å². The van der Waals surface area contributed by atoms with Crippen LogP contribution in [0.15, 0.2) is 115 Å². The molecule has 0 saturated heterocycles. The average Bonchev–Trinajstić information content (AvgIpc) is 3.36. The molecule has 6 aromatic rings. The van der Waals surface area contributed by atoms with Crippen LogP contribution in [0.25, 0.3) is 44.3 Å². The van der Waals surface area contributed by atoms with Gasteiger partial charge in [-0.05, 0) is 68.6 Å². The van der Waals surface area contributed by atoms with Gasteiger partial charge in [-0.3, -0.25) is 0 Å². The molecule has 2 unspecified atom stereocenters. The van der Waals surface area contributed by atoms with Gasteiger partial charge in [0.15, 0.2) is 0 Å². The van der Waals surface area contributed by atoms with Gasteiger partial charge < -0.3 is 4.57 Å². The summed E-state index contributed by atoms with van der Waals surface area (Å²) in [6.45, 7) is 0. The molecule has 4 aliphatic rings. The summed E-state index contributed by atoms with van der Waals surface area (Å²) in [5.41, 5.74) is 7.25. The molecule has 4 bridgehead atoms. The van der Waals surface area contributed by atoms with Crippen molar-refractivity contribution in [1.29, 1.82) is 0 Å². The van der Waals surface area contributed by atoms with Crippen LogP contribution in [-0.2, 0) is 11.0 Å². The van der Waals surface area contributed by atoms with Crippen LogP contribution in [0.2, 0.25) is 0 Å². The third-order valence-corrected chi connectivity index (χ3v) is 10.4. The maximum Gasteiger partial charge on any atom is 0.135 e. The molecule has 10 rings (SSSR count). The summed E-state index contributed by atoms with van der Waals surface area (Å²) < 4.78 is 2.77. The van der Waals surface area contributed by atoms with Gasteiger partial charge in [0.2, 0.25) is 0 Å². The number of hydrogen-bond acceptors (Lipinski definition) is 2. The Bertz CT molecular complexity index is 1790. The lowest BCUT2D eigenvalue weighted by atomic mass is 9.46. The predicted octanol–water partition coefficient (Wildman–Crippen LogP) is 9.17. The average molecular weight is 532 g/mol. The SMILES string of the molecule is c1ccc(-c2cc(-c3ccccc3)nc(C34CC5CC(C3)CC(n3c6ccccc6c6ccccc63)(C5)C4)n2)cc1. The fourth-order valence-electron chi connectivity index (χ4n) is 9.37. The van der Waals surface area contributed by atoms with E-state index in [2.05, 4.69) is 120 Å². The largest absolute Gasteiger partial charge is 0.334 e. The normalized spacial score (nSPS) is 26.6. The molecule has 2 heterocycles. The second-order valence-electron chi connectivity index (χ2n) is 13.0. The minimum Gasteiger partial charge on any atom is -0.334 e. The highest BCUT2D eigenvalue weighted by atomic mass is 15.1. The highest BCUT2D eigenvalue weighted by molar-refractivity contribution is 6.08. The van der Waals surface area contributed by atoms with E-state index in [9.17, 15) is 0 Å². The van der Waals surface area contributed by atoms with E-state index >= 15 is 0 Å². The van der Waals surface area contributed by atoms with Crippen molar-refractivity contribution in [2.45, 2.75) is 49.5 Å². The highest BCUT2D eigenvalue weighted by Crippen LogP contribution is 2.65. The topological polar surface area (TPSA) is 30.7 Å². The Morgan fingerprint density at radius 2 is 1.05 bits per heavy atom. The minimum absolute atomic E-state index is 0.00905. The zero-order valence-corrected chi connectivity index (χ0v) is 23.2. The number of nitrogens with zero attached hydrogens (tertiary/aromatic N) is 3. The van der Waals surface area contributed by atoms with E-state index in [1.165, 1.54) is 53.9 Å². The van der Waals surface area contributed by atoms with Crippen molar-refractivity contribution in [1.82, 2.24) is 14.5 Å². The number of para-hydroxylation sites is 2. The number of fused-ring (bicyclic) bond motifs is 3. The molecule has 0 aliphatic heterocycles. The lowest BCUT2D eigenvalue weighted by molar-refractivity contribution is -0.0619. The van der Waals surface area contributed by atoms with Crippen molar-refractivity contribution in [3.63, 3.8) is 0 Å². The lowest BCUT2D eigenvalue weighted by Crippen LogP contribution is -2.58. The number of aromatic nitrogens is 3. The third-order valence-electron chi connectivity index (χ3n) is 10.4. The molecular weight excluding hydrogens is 498 g/mol. The minimum atomic E-state index is -0.00905. The molecule has 200 valence electrons. The maximum atomic E-state index is 5.44. The molecule has 41 heavy (non-hydrogen) atoms. The van der Waals surface area contributed by atoms with Crippen molar-refractivity contribution < 1.29 is 0 Å². The predicted molar refractivity (Wildman–Crippen MR) is 167 cm³/mol. The fourth-order valence-corrected chi connectivity index (χ4v) is 9.37. The van der Waals surface area contributed by atoms with Gasteiger partial charge in [-0.15, -0.1) is 0 Å². The number of rotatable bonds is 4. The summed E-state index contributed by atoms with van der Waals surface area (Å²) in [6, 6.07) is 41.6. The van der Waals surface area contributed by atoms with Gasteiger partial charge >= 0.3 is 0 Å². The van der Waals surface area contributed by atoms with E-state index in [4.69, 9.17) is 9.97 Å². The number of benzene rings is 4. The van der Waals surface area contributed by atoms with Crippen LogP contribution < -0.4 is 0 Å². The monoisotopic (exact) mass is 531 g/mol. The van der Waals surface area contributed by atoms with Crippen LogP contribution in [0, 0.1) is 11.8 Å². The summed E-state index contributed by atoms with van der Waals surface area (Å²) in [4.78, 5) is 10.9. The molecule has 2 atom stereocenters. The van der Waals surface area contributed by atoms with Crippen LogP contribution in [0.5, 0.6) is 0 Å². The van der Waals surface area contributed by atoms with E-state index < -0.39 is 0 Å². The van der Waals surface area contributed by atoms with Crippen LogP contribution >= 0.6 is 0 Å². The van der Waals surface area contributed by atoms with Crippen LogP contribution in [0.3, 0.4) is 0 Å². The molecule has 4 aliphatic carbocycles. The molecule has 2 aromatic heterocycles. The Balaban J connectivity index is 1.26. The van der Waals surface area contributed by atoms with Crippen molar-refractivity contribution in [3.05, 3.63) is 121 Å². The first-order chi connectivity index (χ1) is 20.2. The molecule has 4 fully saturated rings. The summed E-state index contributed by atoms with van der Waals surface area (Å²) in [7, 11) is 0. The van der Waals surface area contributed by atoms with Crippen molar-refractivity contribution in [3.8, 4) is 22.5 Å². The fraction of sp³-hybridized carbons (Fsp3) is 0.263. The van der Waals surface area contributed by atoms with E-state index in [-0.39, 0.29) is 11.0 Å². The first-order valence-corrected chi connectivity index (χ1v) is 15.2. The summed E-state index contributed by atoms with van der Waals surface area (Å²) >= 11 is 0. The summed E-state index contributed by atoms with van der Waals surface area (Å²) in [5, 5.41) is 2.75. The van der Waals surface area contributed by atoms with Crippen LogP contribution in [-0.4, -0.2) is 14.5 Å². The standard InChI is InChI=1S/C38H33N3/c1-3-11-28(12-4-1)32-20-33(29-13-5-2-6-14-29)40-36(39-32)37-21-26-19-27(22-37)24-38(23-26,25-37)41-34-17-9-7-15-30(34)31-16-8-10-18-35(31)41/h1-18,20,26-27H,19,21-25H2. The molecule has 4 aromatic carbocycles. The zero-order valence-electron chi connectivity index (χ0n) is 23.2. The van der Waals surface area contributed by atoms with E-state index in [1.54, 1.807) is 0 Å². The van der Waals surface area contributed by atoms with Gasteiger partial charge in [0, 0.05) is 43.9 Å². The molecule has 4 saturated carbocycles. The molecular formula is C38H33N3. The molecule has 0 amide bonds. The van der Waals surface area contributed by atoms with E-state index in [1.807, 2.05) is 0 Å². The molecule has 0 spiro atoms. The van der Waals surface area contributed by atoms with Gasteiger partial charge in [0.05, 0.1) is 11.4 Å². The first-order valence-electron chi connectivity index (χ1n) is 15.2. The molecule has 0 N–H and O–H groups in total. The van der Waals surface area contributed by atoms with Crippen molar-refractivity contribution in [2.24, 2.45) is 11.8 Å². The van der Waals surface area contributed by atoms with Gasteiger partial charge in [-0.25, -0.2) is 9.97 Å². The summed E-state index contributed by atoms with van der Waals surface area (Å²) in [5.74, 6) is 2.48. The Hall–Kier alpha value is -4.24. The maximum absolute atomic E-state index is 5.44. The zero-order chi connectivity index (χ0) is 27.0. The van der Waals surface area contributed by atoms with E-state index in [0.717, 1.165) is 34.8 Å². The smallest absolute Gasteiger partial charge is 0.135 e. The second-order valence-corrected chi connectivity index (χ2v) is 13.0. The van der Waals surface area contributed by atoms with Gasteiger partial charge in [0.25, 0.3) is 0 Å². The second kappa shape index (κ2) is 8.63.